The predicted molar refractivity (Wildman–Crippen MR) is 177 cm³/mol. The van der Waals surface area contributed by atoms with Gasteiger partial charge in [-0.05, 0) is 100 Å². The van der Waals surface area contributed by atoms with Crippen LogP contribution in [0.3, 0.4) is 0 Å². The number of allylic oxidation sites excluding steroid dienone is 6. The Bertz CT molecular complexity index is 1320. The Morgan fingerprint density at radius 1 is 0.738 bits per heavy atom. The summed E-state index contributed by atoms with van der Waals surface area (Å²) in [5, 5.41) is 3.85. The molecule has 1 saturated carbocycles. The van der Waals surface area contributed by atoms with Gasteiger partial charge >= 0.3 is 0 Å². The monoisotopic (exact) mass is 560 g/mol. The molecule has 4 heteroatoms. The van der Waals surface area contributed by atoms with E-state index >= 15 is 0 Å². The predicted octanol–water partition coefficient (Wildman–Crippen LogP) is 9.23. The van der Waals surface area contributed by atoms with Crippen LogP contribution in [0.4, 0.5) is 0 Å². The van der Waals surface area contributed by atoms with Crippen molar-refractivity contribution in [2.75, 3.05) is 0 Å². The molecule has 0 bridgehead atoms. The molecule has 5 atom stereocenters. The molecule has 0 radical (unpaired) electrons. The lowest BCUT2D eigenvalue weighted by atomic mass is 9.74. The van der Waals surface area contributed by atoms with Gasteiger partial charge in [-0.2, -0.15) is 0 Å². The first-order valence-corrected chi connectivity index (χ1v) is 17.1. The fourth-order valence-electron chi connectivity index (χ4n) is 8.17. The first kappa shape index (κ1) is 27.8. The molecule has 0 spiro atoms. The molecular formula is C38H48N4. The molecule has 1 fully saturated rings. The van der Waals surface area contributed by atoms with Crippen molar-refractivity contribution in [2.45, 2.75) is 102 Å². The summed E-state index contributed by atoms with van der Waals surface area (Å²) in [6.45, 7) is 0. The van der Waals surface area contributed by atoms with E-state index in [9.17, 15) is 0 Å². The molecule has 1 N–H and O–H groups in total. The summed E-state index contributed by atoms with van der Waals surface area (Å²) in [5.41, 5.74) is 5.22. The molecule has 2 heterocycles. The number of amidine groups is 2. The fraction of sp³-hybridized carbons (Fsp3) is 0.553. The van der Waals surface area contributed by atoms with Crippen LogP contribution >= 0.6 is 0 Å². The van der Waals surface area contributed by atoms with Gasteiger partial charge in [0.2, 0.25) is 0 Å². The van der Waals surface area contributed by atoms with Crippen molar-refractivity contribution in [3.8, 4) is 0 Å². The number of rotatable bonds is 6. The summed E-state index contributed by atoms with van der Waals surface area (Å²) in [5.74, 6) is 4.89. The summed E-state index contributed by atoms with van der Waals surface area (Å²) >= 11 is 0. The lowest BCUT2D eigenvalue weighted by molar-refractivity contribution is 0.290. The Kier molecular flexibility index (Phi) is 8.67. The number of nitrogens with one attached hydrogen (secondary N) is 1. The summed E-state index contributed by atoms with van der Waals surface area (Å²) in [6.07, 6.45) is 33.2. The Morgan fingerprint density at radius 3 is 2.31 bits per heavy atom. The third kappa shape index (κ3) is 6.19. The molecule has 0 saturated heterocycles. The highest BCUT2D eigenvalue weighted by atomic mass is 15.2. The van der Waals surface area contributed by atoms with Crippen molar-refractivity contribution in [1.29, 1.82) is 0 Å². The lowest BCUT2D eigenvalue weighted by Crippen LogP contribution is -2.47. The Labute approximate surface area is 253 Å². The average molecular weight is 561 g/mol. The molecular weight excluding hydrogens is 512 g/mol. The molecule has 4 aliphatic carbocycles. The van der Waals surface area contributed by atoms with Crippen LogP contribution in [-0.2, 0) is 0 Å². The van der Waals surface area contributed by atoms with E-state index in [-0.39, 0.29) is 6.17 Å². The SMILES string of the molecule is C1=CC(C2=NC(C3CC=C(C4=NC(c5ccccc5)=CCC4C4C=CCCC4)CC3)=NC(C3CCCCC3)N2)CCC1. The van der Waals surface area contributed by atoms with Gasteiger partial charge in [0, 0.05) is 23.5 Å². The molecule has 6 aliphatic rings. The van der Waals surface area contributed by atoms with E-state index in [2.05, 4.69) is 72.1 Å². The Hall–Kier alpha value is -3.01. The highest BCUT2D eigenvalue weighted by Gasteiger charge is 2.34. The normalized spacial score (nSPS) is 32.2. The van der Waals surface area contributed by atoms with E-state index in [0.29, 0.717) is 29.6 Å². The number of aliphatic imine (C=N–C) groups is 3. The minimum atomic E-state index is 0.206. The molecule has 0 aromatic heterocycles. The van der Waals surface area contributed by atoms with E-state index in [0.717, 1.165) is 37.2 Å². The molecule has 2 aliphatic heterocycles. The average Bonchev–Trinajstić information content (AvgIpc) is 3.09. The van der Waals surface area contributed by atoms with Crippen molar-refractivity contribution in [3.63, 3.8) is 0 Å². The number of hydrogen-bond acceptors (Lipinski definition) is 4. The molecule has 4 nitrogen and oxygen atoms in total. The first-order chi connectivity index (χ1) is 20.8. The van der Waals surface area contributed by atoms with Gasteiger partial charge in [-0.1, -0.05) is 86.1 Å². The van der Waals surface area contributed by atoms with Crippen molar-refractivity contribution in [3.05, 3.63) is 77.9 Å². The summed E-state index contributed by atoms with van der Waals surface area (Å²) in [6, 6.07) is 10.8. The zero-order valence-electron chi connectivity index (χ0n) is 25.3. The van der Waals surface area contributed by atoms with Crippen LogP contribution < -0.4 is 5.32 Å². The zero-order valence-corrected chi connectivity index (χ0v) is 25.3. The summed E-state index contributed by atoms with van der Waals surface area (Å²) < 4.78 is 0. The van der Waals surface area contributed by atoms with Crippen molar-refractivity contribution < 1.29 is 0 Å². The maximum atomic E-state index is 5.42. The number of benzene rings is 1. The Morgan fingerprint density at radius 2 is 1.57 bits per heavy atom. The van der Waals surface area contributed by atoms with Crippen molar-refractivity contribution in [1.82, 2.24) is 5.32 Å². The van der Waals surface area contributed by atoms with Crippen LogP contribution in [0.1, 0.15) is 102 Å². The van der Waals surface area contributed by atoms with Gasteiger partial charge in [-0.15, -0.1) is 0 Å². The van der Waals surface area contributed by atoms with Gasteiger partial charge in [-0.3, -0.25) is 4.99 Å². The minimum Gasteiger partial charge on any atom is -0.351 e. The third-order valence-corrected chi connectivity index (χ3v) is 10.6. The second-order valence-electron chi connectivity index (χ2n) is 13.5. The van der Waals surface area contributed by atoms with Gasteiger partial charge < -0.3 is 5.32 Å². The maximum Gasteiger partial charge on any atom is 0.131 e. The molecule has 1 aromatic rings. The van der Waals surface area contributed by atoms with E-state index in [1.165, 1.54) is 93.3 Å². The Balaban J connectivity index is 1.15. The second-order valence-corrected chi connectivity index (χ2v) is 13.5. The quantitative estimate of drug-likeness (QED) is 0.346. The van der Waals surface area contributed by atoms with E-state index < -0.39 is 0 Å². The van der Waals surface area contributed by atoms with Crippen LogP contribution in [0.5, 0.6) is 0 Å². The van der Waals surface area contributed by atoms with Gasteiger partial charge in [-0.25, -0.2) is 9.98 Å². The number of nitrogens with zero attached hydrogens (tertiary/aromatic N) is 3. The molecule has 7 rings (SSSR count). The van der Waals surface area contributed by atoms with Gasteiger partial charge in [0.1, 0.15) is 17.8 Å². The topological polar surface area (TPSA) is 49.1 Å². The zero-order chi connectivity index (χ0) is 28.1. The van der Waals surface area contributed by atoms with E-state index in [1.807, 2.05) is 0 Å². The van der Waals surface area contributed by atoms with Crippen LogP contribution in [0, 0.1) is 29.6 Å². The second kappa shape index (κ2) is 13.1. The highest BCUT2D eigenvalue weighted by molar-refractivity contribution is 6.07. The largest absolute Gasteiger partial charge is 0.351 e. The van der Waals surface area contributed by atoms with Crippen molar-refractivity contribution in [2.24, 2.45) is 44.6 Å². The maximum absolute atomic E-state index is 5.42. The summed E-state index contributed by atoms with van der Waals surface area (Å²) in [4.78, 5) is 16.1. The van der Waals surface area contributed by atoms with Crippen molar-refractivity contribution >= 4 is 23.1 Å². The van der Waals surface area contributed by atoms with Crippen LogP contribution in [-0.4, -0.2) is 23.5 Å². The standard InChI is InChI=1S/C38H48N4/c1-5-13-27(14-6-1)33-25-26-34(28-15-7-2-8-16-28)39-35(33)29-21-23-32(24-22-29)38-41-36(30-17-9-3-10-18-30)40-37(42-38)31-19-11-4-12-20-31/h2,5,7-9,13,15-17,21,26-27,30-33,37H,1,3-4,6,10-12,14,18-20,22-25H2,(H,40,41,42). The fourth-order valence-corrected chi connectivity index (χ4v) is 8.17. The van der Waals surface area contributed by atoms with Gasteiger partial charge in [0.05, 0.1) is 5.70 Å². The van der Waals surface area contributed by atoms with Crippen LogP contribution in [0.25, 0.3) is 5.70 Å². The molecule has 5 unspecified atom stereocenters. The van der Waals surface area contributed by atoms with Crippen LogP contribution in [0.15, 0.2) is 87.3 Å². The van der Waals surface area contributed by atoms with Gasteiger partial charge in [0.25, 0.3) is 0 Å². The lowest BCUT2D eigenvalue weighted by Gasteiger charge is -2.36. The van der Waals surface area contributed by atoms with E-state index in [1.54, 1.807) is 0 Å². The minimum absolute atomic E-state index is 0.206. The van der Waals surface area contributed by atoms with E-state index in [4.69, 9.17) is 15.0 Å². The molecule has 0 amide bonds. The molecule has 220 valence electrons. The third-order valence-electron chi connectivity index (χ3n) is 10.6. The smallest absolute Gasteiger partial charge is 0.131 e. The highest BCUT2D eigenvalue weighted by Crippen LogP contribution is 2.39. The first-order valence-electron chi connectivity index (χ1n) is 17.1. The van der Waals surface area contributed by atoms with Gasteiger partial charge in [0.15, 0.2) is 0 Å². The summed E-state index contributed by atoms with van der Waals surface area (Å²) in [7, 11) is 0. The molecule has 1 aromatic carbocycles. The van der Waals surface area contributed by atoms with Crippen LogP contribution in [0.2, 0.25) is 0 Å². The molecule has 42 heavy (non-hydrogen) atoms. The number of hydrogen-bond donors (Lipinski definition) is 1.